The normalized spacial score (nSPS) is 10.3. The van der Waals surface area contributed by atoms with Crippen molar-refractivity contribution in [2.45, 2.75) is 13.8 Å². The van der Waals surface area contributed by atoms with Crippen molar-refractivity contribution in [3.63, 3.8) is 0 Å². The first-order valence-corrected chi connectivity index (χ1v) is 7.58. The predicted molar refractivity (Wildman–Crippen MR) is 92.0 cm³/mol. The molecule has 0 aromatic heterocycles. The predicted octanol–water partition coefficient (Wildman–Crippen LogP) is 3.24. The molecule has 2 rings (SSSR count). The molecule has 3 N–H and O–H groups in total. The van der Waals surface area contributed by atoms with Crippen LogP contribution in [0, 0.1) is 6.92 Å². The Bertz CT molecular complexity index is 654. The first-order chi connectivity index (χ1) is 11.1. The molecule has 0 aliphatic rings. The van der Waals surface area contributed by atoms with Gasteiger partial charge in [0, 0.05) is 23.5 Å². The van der Waals surface area contributed by atoms with E-state index < -0.39 is 0 Å². The standard InChI is InChI=1S/C18H22N2O3/c1-3-22-10-11-23-16-8-5-14(6-9-16)18(21)20-17-12-15(19)7-4-13(17)2/h4-9,12H,3,10-11,19H2,1-2H3,(H,20,21). The second-order valence-electron chi connectivity index (χ2n) is 5.10. The molecule has 23 heavy (non-hydrogen) atoms. The fourth-order valence-electron chi connectivity index (χ4n) is 2.03. The number of hydrogen-bond acceptors (Lipinski definition) is 4. The molecular weight excluding hydrogens is 292 g/mol. The van der Waals surface area contributed by atoms with Crippen LogP contribution in [0.5, 0.6) is 5.75 Å². The molecule has 0 aliphatic carbocycles. The molecule has 2 aromatic rings. The Morgan fingerprint density at radius 3 is 2.57 bits per heavy atom. The van der Waals surface area contributed by atoms with Crippen molar-refractivity contribution in [1.29, 1.82) is 0 Å². The van der Waals surface area contributed by atoms with Gasteiger partial charge in [-0.1, -0.05) is 6.07 Å². The van der Waals surface area contributed by atoms with Gasteiger partial charge in [-0.2, -0.15) is 0 Å². The largest absolute Gasteiger partial charge is 0.491 e. The summed E-state index contributed by atoms with van der Waals surface area (Å²) in [6.45, 7) is 5.57. The fraction of sp³-hybridized carbons (Fsp3) is 0.278. The molecule has 0 aliphatic heterocycles. The smallest absolute Gasteiger partial charge is 0.255 e. The van der Waals surface area contributed by atoms with Gasteiger partial charge in [0.05, 0.1) is 6.61 Å². The van der Waals surface area contributed by atoms with Crippen LogP contribution in [0.15, 0.2) is 42.5 Å². The van der Waals surface area contributed by atoms with Crippen LogP contribution in [-0.2, 0) is 4.74 Å². The molecule has 0 unspecified atom stereocenters. The van der Waals surface area contributed by atoms with E-state index in [2.05, 4.69) is 5.32 Å². The average molecular weight is 314 g/mol. The lowest BCUT2D eigenvalue weighted by atomic mass is 10.1. The number of ether oxygens (including phenoxy) is 2. The Labute approximate surface area is 136 Å². The number of anilines is 2. The SMILES string of the molecule is CCOCCOc1ccc(C(=O)Nc2cc(N)ccc2C)cc1. The maximum Gasteiger partial charge on any atom is 0.255 e. The Morgan fingerprint density at radius 2 is 1.87 bits per heavy atom. The minimum absolute atomic E-state index is 0.181. The third kappa shape index (κ3) is 5.00. The van der Waals surface area contributed by atoms with Gasteiger partial charge < -0.3 is 20.5 Å². The van der Waals surface area contributed by atoms with E-state index >= 15 is 0 Å². The van der Waals surface area contributed by atoms with Gasteiger partial charge >= 0.3 is 0 Å². The summed E-state index contributed by atoms with van der Waals surface area (Å²) in [5, 5.41) is 2.87. The van der Waals surface area contributed by atoms with Crippen LogP contribution in [-0.4, -0.2) is 25.7 Å². The highest BCUT2D eigenvalue weighted by Gasteiger charge is 2.08. The number of benzene rings is 2. The van der Waals surface area contributed by atoms with Crippen LogP contribution in [0.3, 0.4) is 0 Å². The van der Waals surface area contributed by atoms with E-state index in [4.69, 9.17) is 15.2 Å². The van der Waals surface area contributed by atoms with E-state index in [0.717, 1.165) is 5.56 Å². The second kappa shape index (κ2) is 8.19. The Balaban J connectivity index is 1.96. The molecule has 0 atom stereocenters. The van der Waals surface area contributed by atoms with Crippen LogP contribution < -0.4 is 15.8 Å². The Kier molecular flexibility index (Phi) is 6.00. The van der Waals surface area contributed by atoms with E-state index in [1.165, 1.54) is 0 Å². The maximum absolute atomic E-state index is 12.3. The van der Waals surface area contributed by atoms with E-state index in [1.807, 2.05) is 19.9 Å². The Hall–Kier alpha value is -2.53. The number of nitrogens with one attached hydrogen (secondary N) is 1. The number of amides is 1. The molecular formula is C18H22N2O3. The van der Waals surface area contributed by atoms with Crippen molar-refractivity contribution >= 4 is 17.3 Å². The highest BCUT2D eigenvalue weighted by Crippen LogP contribution is 2.19. The van der Waals surface area contributed by atoms with E-state index in [-0.39, 0.29) is 5.91 Å². The van der Waals surface area contributed by atoms with E-state index in [0.29, 0.717) is 42.5 Å². The Morgan fingerprint density at radius 1 is 1.13 bits per heavy atom. The van der Waals surface area contributed by atoms with Crippen molar-refractivity contribution in [2.24, 2.45) is 0 Å². The van der Waals surface area contributed by atoms with Gasteiger partial charge in [-0.3, -0.25) is 4.79 Å². The van der Waals surface area contributed by atoms with Crippen molar-refractivity contribution in [3.8, 4) is 5.75 Å². The van der Waals surface area contributed by atoms with Gasteiger partial charge in [-0.05, 0) is 55.8 Å². The maximum atomic E-state index is 12.3. The first kappa shape index (κ1) is 16.8. The molecule has 0 saturated heterocycles. The van der Waals surface area contributed by atoms with Crippen molar-refractivity contribution in [2.75, 3.05) is 30.9 Å². The number of rotatable bonds is 7. The van der Waals surface area contributed by atoms with Gasteiger partial charge in [0.2, 0.25) is 0 Å². The van der Waals surface area contributed by atoms with Crippen molar-refractivity contribution in [3.05, 3.63) is 53.6 Å². The number of nitrogens with two attached hydrogens (primary N) is 1. The summed E-state index contributed by atoms with van der Waals surface area (Å²) in [5.41, 5.74) is 8.60. The zero-order chi connectivity index (χ0) is 16.7. The van der Waals surface area contributed by atoms with Crippen molar-refractivity contribution < 1.29 is 14.3 Å². The van der Waals surface area contributed by atoms with Crippen LogP contribution in [0.1, 0.15) is 22.8 Å². The van der Waals surface area contributed by atoms with Gasteiger partial charge in [0.1, 0.15) is 12.4 Å². The van der Waals surface area contributed by atoms with E-state index in [9.17, 15) is 4.79 Å². The van der Waals surface area contributed by atoms with Crippen LogP contribution in [0.2, 0.25) is 0 Å². The minimum Gasteiger partial charge on any atom is -0.491 e. The number of aryl methyl sites for hydroxylation is 1. The summed E-state index contributed by atoms with van der Waals surface area (Å²) in [4.78, 5) is 12.3. The molecule has 0 heterocycles. The summed E-state index contributed by atoms with van der Waals surface area (Å²) in [6.07, 6.45) is 0. The van der Waals surface area contributed by atoms with Gasteiger partial charge in [-0.25, -0.2) is 0 Å². The number of carbonyl (C=O) groups is 1. The summed E-state index contributed by atoms with van der Waals surface area (Å²) < 4.78 is 10.7. The van der Waals surface area contributed by atoms with Crippen LogP contribution >= 0.6 is 0 Å². The molecule has 0 spiro atoms. The van der Waals surface area contributed by atoms with Crippen LogP contribution in [0.4, 0.5) is 11.4 Å². The molecule has 0 radical (unpaired) electrons. The van der Waals surface area contributed by atoms with E-state index in [1.54, 1.807) is 36.4 Å². The van der Waals surface area contributed by atoms with Gasteiger partial charge in [0.25, 0.3) is 5.91 Å². The van der Waals surface area contributed by atoms with Gasteiger partial charge in [0.15, 0.2) is 0 Å². The summed E-state index contributed by atoms with van der Waals surface area (Å²) in [5.74, 6) is 0.529. The summed E-state index contributed by atoms with van der Waals surface area (Å²) >= 11 is 0. The molecule has 2 aromatic carbocycles. The lowest BCUT2D eigenvalue weighted by molar-refractivity contribution is 0.102. The summed E-state index contributed by atoms with van der Waals surface area (Å²) in [6, 6.07) is 12.4. The number of nitrogen functional groups attached to an aromatic ring is 1. The molecule has 122 valence electrons. The first-order valence-electron chi connectivity index (χ1n) is 7.58. The highest BCUT2D eigenvalue weighted by atomic mass is 16.5. The average Bonchev–Trinajstić information content (AvgIpc) is 2.55. The monoisotopic (exact) mass is 314 g/mol. The molecule has 0 saturated carbocycles. The second-order valence-corrected chi connectivity index (χ2v) is 5.10. The van der Waals surface area contributed by atoms with Crippen LogP contribution in [0.25, 0.3) is 0 Å². The quantitative estimate of drug-likeness (QED) is 0.608. The molecule has 5 nitrogen and oxygen atoms in total. The molecule has 1 amide bonds. The third-order valence-electron chi connectivity index (χ3n) is 3.33. The lowest BCUT2D eigenvalue weighted by Gasteiger charge is -2.10. The zero-order valence-corrected chi connectivity index (χ0v) is 13.5. The van der Waals surface area contributed by atoms with Gasteiger partial charge in [-0.15, -0.1) is 0 Å². The summed E-state index contributed by atoms with van der Waals surface area (Å²) in [7, 11) is 0. The molecule has 0 fully saturated rings. The fourth-order valence-corrected chi connectivity index (χ4v) is 2.03. The molecule has 0 bridgehead atoms. The van der Waals surface area contributed by atoms with Crippen molar-refractivity contribution in [1.82, 2.24) is 0 Å². The lowest BCUT2D eigenvalue weighted by Crippen LogP contribution is -2.13. The minimum atomic E-state index is -0.181. The highest BCUT2D eigenvalue weighted by molar-refractivity contribution is 6.04. The third-order valence-corrected chi connectivity index (χ3v) is 3.33. The zero-order valence-electron chi connectivity index (χ0n) is 13.5. The topological polar surface area (TPSA) is 73.6 Å². The molecule has 5 heteroatoms. The number of carbonyl (C=O) groups excluding carboxylic acids is 1. The number of hydrogen-bond donors (Lipinski definition) is 2.